The Morgan fingerprint density at radius 3 is 3.00 bits per heavy atom. The van der Waals surface area contributed by atoms with E-state index in [0.29, 0.717) is 17.0 Å². The summed E-state index contributed by atoms with van der Waals surface area (Å²) in [7, 11) is 0. The number of carbonyl (C=O) groups is 1. The molecule has 0 saturated heterocycles. The van der Waals surface area contributed by atoms with E-state index in [0.717, 1.165) is 5.56 Å². The first-order chi connectivity index (χ1) is 11.1. The molecule has 1 aromatic carbocycles. The minimum Gasteiger partial charge on any atom is -0.333 e. The van der Waals surface area contributed by atoms with Gasteiger partial charge in [-0.15, -0.1) is 0 Å². The highest BCUT2D eigenvalue weighted by molar-refractivity contribution is 6.31. The molecule has 1 saturated carbocycles. The number of hydroxylamine groups is 1. The summed E-state index contributed by atoms with van der Waals surface area (Å²) in [6, 6.07) is 7.58. The third-order valence-corrected chi connectivity index (χ3v) is 3.93. The number of pyridine rings is 1. The predicted molar refractivity (Wildman–Crippen MR) is 83.2 cm³/mol. The maximum atomic E-state index is 13.8. The number of nitrogens with zero attached hydrogens (tertiary/aromatic N) is 1. The van der Waals surface area contributed by atoms with Gasteiger partial charge in [-0.1, -0.05) is 23.7 Å². The lowest BCUT2D eigenvalue weighted by Gasteiger charge is -2.08. The first kappa shape index (κ1) is 15.7. The summed E-state index contributed by atoms with van der Waals surface area (Å²) >= 11 is 6.02. The Hall–Kier alpha value is -2.18. The Bertz CT molecular complexity index is 679. The van der Waals surface area contributed by atoms with Crippen molar-refractivity contribution in [3.8, 4) is 0 Å². The molecule has 2 N–H and O–H groups in total. The summed E-state index contributed by atoms with van der Waals surface area (Å²) in [5, 5.41) is 3.11. The fourth-order valence-electron chi connectivity index (χ4n) is 2.40. The molecule has 0 aliphatic heterocycles. The molecule has 1 aliphatic rings. The largest absolute Gasteiger partial charge is 0.338 e. The quantitative estimate of drug-likeness (QED) is 0.825. The fourth-order valence-corrected chi connectivity index (χ4v) is 2.71. The molecule has 1 heterocycles. The molecular weight excluding hydrogens is 321 g/mol. The van der Waals surface area contributed by atoms with Gasteiger partial charge in [0.05, 0.1) is 0 Å². The van der Waals surface area contributed by atoms with E-state index in [4.69, 9.17) is 16.4 Å². The second kappa shape index (κ2) is 6.93. The van der Waals surface area contributed by atoms with Gasteiger partial charge < -0.3 is 5.32 Å². The van der Waals surface area contributed by atoms with Crippen LogP contribution in [0.5, 0.6) is 0 Å². The van der Waals surface area contributed by atoms with Gasteiger partial charge in [0, 0.05) is 34.9 Å². The Kier molecular flexibility index (Phi) is 4.73. The summed E-state index contributed by atoms with van der Waals surface area (Å²) in [4.78, 5) is 20.8. The number of nitrogens with one attached hydrogen (secondary N) is 2. The Morgan fingerprint density at radius 2 is 2.26 bits per heavy atom. The summed E-state index contributed by atoms with van der Waals surface area (Å²) in [5.41, 5.74) is 3.60. The van der Waals surface area contributed by atoms with Gasteiger partial charge in [0.15, 0.2) is 0 Å². The van der Waals surface area contributed by atoms with Crippen molar-refractivity contribution >= 4 is 17.6 Å². The SMILES string of the molecule is O=C(NOCc1cccnc1)NC1CC1c1c(F)cccc1Cl. The molecule has 0 spiro atoms. The van der Waals surface area contributed by atoms with Crippen LogP contribution in [0, 0.1) is 5.82 Å². The van der Waals surface area contributed by atoms with E-state index in [1.54, 1.807) is 30.6 Å². The maximum absolute atomic E-state index is 13.8. The number of amides is 2. The molecular formula is C16H15ClFN3O2. The van der Waals surface area contributed by atoms with Gasteiger partial charge in [0.25, 0.3) is 0 Å². The van der Waals surface area contributed by atoms with E-state index in [1.165, 1.54) is 6.07 Å². The van der Waals surface area contributed by atoms with Gasteiger partial charge in [-0.2, -0.15) is 0 Å². The third kappa shape index (κ3) is 3.97. The lowest BCUT2D eigenvalue weighted by atomic mass is 10.1. The molecule has 0 radical (unpaired) electrons. The van der Waals surface area contributed by atoms with Crippen molar-refractivity contribution in [1.82, 2.24) is 15.8 Å². The summed E-state index contributed by atoms with van der Waals surface area (Å²) in [6.45, 7) is 0.217. The number of rotatable bonds is 5. The van der Waals surface area contributed by atoms with E-state index in [2.05, 4.69) is 15.8 Å². The van der Waals surface area contributed by atoms with Crippen LogP contribution in [0.25, 0.3) is 0 Å². The maximum Gasteiger partial charge on any atom is 0.338 e. The molecule has 5 nitrogen and oxygen atoms in total. The summed E-state index contributed by atoms with van der Waals surface area (Å²) < 4.78 is 13.8. The molecule has 2 atom stereocenters. The van der Waals surface area contributed by atoms with Crippen molar-refractivity contribution in [1.29, 1.82) is 0 Å². The second-order valence-corrected chi connectivity index (χ2v) is 5.72. The van der Waals surface area contributed by atoms with Crippen LogP contribution >= 0.6 is 11.6 Å². The first-order valence-electron chi connectivity index (χ1n) is 7.16. The molecule has 2 unspecified atom stereocenters. The van der Waals surface area contributed by atoms with Crippen molar-refractivity contribution in [2.75, 3.05) is 0 Å². The lowest BCUT2D eigenvalue weighted by molar-refractivity contribution is 0.0488. The average molecular weight is 336 g/mol. The average Bonchev–Trinajstić information content (AvgIpc) is 3.27. The number of urea groups is 1. The monoisotopic (exact) mass is 335 g/mol. The number of benzene rings is 1. The molecule has 1 aliphatic carbocycles. The Balaban J connectivity index is 1.45. The van der Waals surface area contributed by atoms with E-state index < -0.39 is 6.03 Å². The highest BCUT2D eigenvalue weighted by Crippen LogP contribution is 2.44. The Labute approximate surface area is 137 Å². The van der Waals surface area contributed by atoms with E-state index >= 15 is 0 Å². The fraction of sp³-hybridized carbons (Fsp3) is 0.250. The smallest absolute Gasteiger partial charge is 0.333 e. The van der Waals surface area contributed by atoms with E-state index in [-0.39, 0.29) is 24.4 Å². The minimum absolute atomic E-state index is 0.104. The Morgan fingerprint density at radius 1 is 1.39 bits per heavy atom. The normalized spacial score (nSPS) is 19.2. The molecule has 1 fully saturated rings. The molecule has 23 heavy (non-hydrogen) atoms. The van der Waals surface area contributed by atoms with Gasteiger partial charge in [0.1, 0.15) is 12.4 Å². The number of aromatic nitrogens is 1. The summed E-state index contributed by atoms with van der Waals surface area (Å²) in [6.07, 6.45) is 3.96. The second-order valence-electron chi connectivity index (χ2n) is 5.31. The number of halogens is 2. The van der Waals surface area contributed by atoms with Crippen LogP contribution < -0.4 is 10.8 Å². The molecule has 2 amide bonds. The van der Waals surface area contributed by atoms with E-state index in [1.807, 2.05) is 6.07 Å². The lowest BCUT2D eigenvalue weighted by Crippen LogP contribution is -2.37. The van der Waals surface area contributed by atoms with E-state index in [9.17, 15) is 9.18 Å². The molecule has 120 valence electrons. The summed E-state index contributed by atoms with van der Waals surface area (Å²) in [5.74, 6) is -0.451. The first-order valence-corrected chi connectivity index (χ1v) is 7.54. The molecule has 0 bridgehead atoms. The van der Waals surface area contributed by atoms with Crippen molar-refractivity contribution in [3.05, 3.63) is 64.7 Å². The number of hydrogen-bond donors (Lipinski definition) is 2. The van der Waals surface area contributed by atoms with Crippen LogP contribution in [0.1, 0.15) is 23.5 Å². The van der Waals surface area contributed by atoms with Crippen molar-refractivity contribution < 1.29 is 14.0 Å². The standard InChI is InChI=1S/C16H15ClFN3O2/c17-12-4-1-5-13(18)15(12)11-7-14(11)20-16(22)21-23-9-10-3-2-6-19-8-10/h1-6,8,11,14H,7,9H2,(H2,20,21,22). The van der Waals surface area contributed by atoms with Gasteiger partial charge >= 0.3 is 6.03 Å². The van der Waals surface area contributed by atoms with Crippen LogP contribution in [-0.4, -0.2) is 17.1 Å². The molecule has 7 heteroatoms. The van der Waals surface area contributed by atoms with Crippen LogP contribution in [0.15, 0.2) is 42.7 Å². The molecule has 2 aromatic rings. The van der Waals surface area contributed by atoms with Crippen LogP contribution in [-0.2, 0) is 11.4 Å². The zero-order valence-corrected chi connectivity index (χ0v) is 12.9. The zero-order chi connectivity index (χ0) is 16.2. The zero-order valence-electron chi connectivity index (χ0n) is 12.1. The van der Waals surface area contributed by atoms with Crippen LogP contribution in [0.2, 0.25) is 5.02 Å². The molecule has 3 rings (SSSR count). The van der Waals surface area contributed by atoms with Crippen LogP contribution in [0.4, 0.5) is 9.18 Å². The van der Waals surface area contributed by atoms with Gasteiger partial charge in [-0.3, -0.25) is 9.82 Å². The van der Waals surface area contributed by atoms with Crippen LogP contribution in [0.3, 0.4) is 0 Å². The molecule has 1 aromatic heterocycles. The van der Waals surface area contributed by atoms with Gasteiger partial charge in [-0.05, 0) is 30.2 Å². The predicted octanol–water partition coefficient (Wildman–Crippen LogP) is 3.16. The van der Waals surface area contributed by atoms with Crippen molar-refractivity contribution in [2.24, 2.45) is 0 Å². The number of carbonyl (C=O) groups excluding carboxylic acids is 1. The third-order valence-electron chi connectivity index (χ3n) is 3.60. The highest BCUT2D eigenvalue weighted by Gasteiger charge is 2.42. The number of hydrogen-bond acceptors (Lipinski definition) is 3. The topological polar surface area (TPSA) is 63.2 Å². The van der Waals surface area contributed by atoms with Crippen molar-refractivity contribution in [3.63, 3.8) is 0 Å². The minimum atomic E-state index is -0.464. The van der Waals surface area contributed by atoms with Gasteiger partial charge in [-0.25, -0.2) is 14.7 Å². The highest BCUT2D eigenvalue weighted by atomic mass is 35.5. The van der Waals surface area contributed by atoms with Crippen molar-refractivity contribution in [2.45, 2.75) is 25.0 Å². The van der Waals surface area contributed by atoms with Gasteiger partial charge in [0.2, 0.25) is 0 Å².